The van der Waals surface area contributed by atoms with Crippen molar-refractivity contribution >= 4 is 11.7 Å². The molecule has 7 nitrogen and oxygen atoms in total. The molecule has 25 heavy (non-hydrogen) atoms. The molecule has 1 amide bonds. The number of likely N-dealkylation sites (tertiary alicyclic amines) is 1. The Balaban J connectivity index is 1.70. The van der Waals surface area contributed by atoms with Crippen LogP contribution in [0.4, 0.5) is 5.82 Å². The van der Waals surface area contributed by atoms with Gasteiger partial charge < -0.3 is 19.5 Å². The van der Waals surface area contributed by atoms with Gasteiger partial charge in [0, 0.05) is 50.6 Å². The minimum Gasteiger partial charge on any atom is -0.485 e. The molecule has 2 aromatic rings. The molecule has 1 atom stereocenters. The maximum atomic E-state index is 12.6. The van der Waals surface area contributed by atoms with E-state index in [1.807, 2.05) is 31.1 Å². The highest BCUT2D eigenvalue weighted by Crippen LogP contribution is 2.27. The predicted octanol–water partition coefficient (Wildman–Crippen LogP) is 1.44. The van der Waals surface area contributed by atoms with Crippen LogP contribution in [-0.2, 0) is 0 Å². The molecular formula is C18H22N4O3. The Morgan fingerprint density at radius 2 is 2.20 bits per heavy atom. The second kappa shape index (κ2) is 6.96. The van der Waals surface area contributed by atoms with Crippen LogP contribution in [0.3, 0.4) is 0 Å². The standard InChI is InChI=1S/C18H22N4O3/c1-12-9-13(10-16(23)20-12)18(24)22-8-6-14(11-22)25-15-5-4-7-19-17(15)21(2)3/h4-5,7,9-10,14H,6,8,11H2,1-3H3,(H,20,23)/t14-/m1/s1. The number of aryl methyl sites for hydroxylation is 1. The highest BCUT2D eigenvalue weighted by atomic mass is 16.5. The minimum absolute atomic E-state index is 0.0880. The number of nitrogens with zero attached hydrogens (tertiary/aromatic N) is 3. The first kappa shape index (κ1) is 17.0. The van der Waals surface area contributed by atoms with Crippen LogP contribution in [-0.4, -0.2) is 54.1 Å². The number of amides is 1. The van der Waals surface area contributed by atoms with Crippen molar-refractivity contribution in [3.8, 4) is 5.75 Å². The third kappa shape index (κ3) is 3.81. The first-order valence-corrected chi connectivity index (χ1v) is 8.23. The lowest BCUT2D eigenvalue weighted by atomic mass is 10.2. The Labute approximate surface area is 146 Å². The van der Waals surface area contributed by atoms with Gasteiger partial charge in [0.25, 0.3) is 5.91 Å². The fourth-order valence-electron chi connectivity index (χ4n) is 2.99. The monoisotopic (exact) mass is 342 g/mol. The van der Waals surface area contributed by atoms with Crippen LogP contribution in [0.2, 0.25) is 0 Å². The van der Waals surface area contributed by atoms with Crippen molar-refractivity contribution in [2.45, 2.75) is 19.4 Å². The number of H-pyrrole nitrogens is 1. The fraction of sp³-hybridized carbons (Fsp3) is 0.389. The van der Waals surface area contributed by atoms with Crippen molar-refractivity contribution in [1.82, 2.24) is 14.9 Å². The summed E-state index contributed by atoms with van der Waals surface area (Å²) in [5.41, 5.74) is 0.826. The first-order valence-electron chi connectivity index (χ1n) is 8.23. The quantitative estimate of drug-likeness (QED) is 0.910. The van der Waals surface area contributed by atoms with Gasteiger partial charge >= 0.3 is 0 Å². The lowest BCUT2D eigenvalue weighted by Crippen LogP contribution is -2.32. The number of ether oxygens (including phenoxy) is 1. The summed E-state index contributed by atoms with van der Waals surface area (Å²) in [7, 11) is 3.82. The van der Waals surface area contributed by atoms with E-state index in [0.717, 1.165) is 12.2 Å². The second-order valence-corrected chi connectivity index (χ2v) is 6.42. The van der Waals surface area contributed by atoms with Gasteiger partial charge in [-0.2, -0.15) is 0 Å². The summed E-state index contributed by atoms with van der Waals surface area (Å²) in [4.78, 5) is 34.8. The molecule has 1 fully saturated rings. The number of aromatic amines is 1. The highest BCUT2D eigenvalue weighted by molar-refractivity contribution is 5.94. The smallest absolute Gasteiger partial charge is 0.254 e. The first-order chi connectivity index (χ1) is 11.9. The summed E-state index contributed by atoms with van der Waals surface area (Å²) >= 11 is 0. The summed E-state index contributed by atoms with van der Waals surface area (Å²) in [5.74, 6) is 1.33. The van der Waals surface area contributed by atoms with Crippen LogP contribution in [0, 0.1) is 6.92 Å². The Hall–Kier alpha value is -2.83. The Morgan fingerprint density at radius 1 is 1.40 bits per heavy atom. The summed E-state index contributed by atoms with van der Waals surface area (Å²) in [6.07, 6.45) is 2.38. The van der Waals surface area contributed by atoms with Crippen LogP contribution in [0.5, 0.6) is 5.75 Å². The zero-order valence-corrected chi connectivity index (χ0v) is 14.7. The van der Waals surface area contributed by atoms with Crippen molar-refractivity contribution in [2.24, 2.45) is 0 Å². The number of nitrogens with one attached hydrogen (secondary N) is 1. The molecule has 1 saturated heterocycles. The molecule has 0 bridgehead atoms. The van der Waals surface area contributed by atoms with Crippen LogP contribution in [0.15, 0.2) is 35.3 Å². The van der Waals surface area contributed by atoms with Crippen LogP contribution in [0.1, 0.15) is 22.5 Å². The molecule has 3 rings (SSSR count). The zero-order valence-electron chi connectivity index (χ0n) is 14.7. The van der Waals surface area contributed by atoms with Gasteiger partial charge in [-0.25, -0.2) is 4.98 Å². The van der Waals surface area contributed by atoms with Gasteiger partial charge in [-0.3, -0.25) is 9.59 Å². The number of aromatic nitrogens is 2. The largest absolute Gasteiger partial charge is 0.485 e. The highest BCUT2D eigenvalue weighted by Gasteiger charge is 2.29. The fourth-order valence-corrected chi connectivity index (χ4v) is 2.99. The van der Waals surface area contributed by atoms with E-state index in [0.29, 0.717) is 30.1 Å². The predicted molar refractivity (Wildman–Crippen MR) is 95.3 cm³/mol. The van der Waals surface area contributed by atoms with Gasteiger partial charge in [0.15, 0.2) is 11.6 Å². The topological polar surface area (TPSA) is 78.5 Å². The van der Waals surface area contributed by atoms with E-state index in [9.17, 15) is 9.59 Å². The molecule has 3 heterocycles. The summed E-state index contributed by atoms with van der Waals surface area (Å²) in [5, 5.41) is 0. The minimum atomic E-state index is -0.263. The van der Waals surface area contributed by atoms with E-state index >= 15 is 0 Å². The lowest BCUT2D eigenvalue weighted by molar-refractivity contribution is 0.0772. The molecule has 0 aliphatic carbocycles. The summed E-state index contributed by atoms with van der Waals surface area (Å²) < 4.78 is 6.07. The molecule has 0 radical (unpaired) electrons. The maximum absolute atomic E-state index is 12.6. The Kier molecular flexibility index (Phi) is 4.74. The molecule has 1 aliphatic heterocycles. The van der Waals surface area contributed by atoms with E-state index < -0.39 is 0 Å². The van der Waals surface area contributed by atoms with E-state index in [2.05, 4.69) is 9.97 Å². The van der Waals surface area contributed by atoms with Crippen molar-refractivity contribution in [1.29, 1.82) is 0 Å². The van der Waals surface area contributed by atoms with Gasteiger partial charge in [0.1, 0.15) is 6.10 Å². The number of carbonyl (C=O) groups is 1. The lowest BCUT2D eigenvalue weighted by Gasteiger charge is -2.20. The maximum Gasteiger partial charge on any atom is 0.254 e. The molecule has 1 aliphatic rings. The number of anilines is 1. The second-order valence-electron chi connectivity index (χ2n) is 6.42. The Bertz CT molecular complexity index is 831. The molecule has 7 heteroatoms. The average molecular weight is 342 g/mol. The van der Waals surface area contributed by atoms with E-state index in [1.54, 1.807) is 24.1 Å². The third-order valence-corrected chi connectivity index (χ3v) is 4.13. The number of carbonyl (C=O) groups excluding carboxylic acids is 1. The van der Waals surface area contributed by atoms with E-state index in [-0.39, 0.29) is 17.6 Å². The van der Waals surface area contributed by atoms with Crippen LogP contribution >= 0.6 is 0 Å². The molecular weight excluding hydrogens is 320 g/mol. The molecule has 0 unspecified atom stereocenters. The molecule has 0 saturated carbocycles. The number of pyridine rings is 2. The molecule has 0 aromatic carbocycles. The van der Waals surface area contributed by atoms with E-state index in [1.165, 1.54) is 6.07 Å². The third-order valence-electron chi connectivity index (χ3n) is 4.13. The van der Waals surface area contributed by atoms with Gasteiger partial charge in [0.05, 0.1) is 6.54 Å². The SMILES string of the molecule is Cc1cc(C(=O)N2CC[C@@H](Oc3cccnc3N(C)C)C2)cc(=O)[nH]1. The summed E-state index contributed by atoms with van der Waals surface area (Å²) in [6, 6.07) is 6.75. The van der Waals surface area contributed by atoms with Crippen molar-refractivity contribution in [2.75, 3.05) is 32.1 Å². The number of hydrogen-bond acceptors (Lipinski definition) is 5. The molecule has 1 N–H and O–H groups in total. The number of rotatable bonds is 4. The van der Waals surface area contributed by atoms with Gasteiger partial charge in [-0.1, -0.05) is 0 Å². The molecule has 132 valence electrons. The number of hydrogen-bond donors (Lipinski definition) is 1. The van der Waals surface area contributed by atoms with Crippen molar-refractivity contribution < 1.29 is 9.53 Å². The van der Waals surface area contributed by atoms with Crippen molar-refractivity contribution in [3.63, 3.8) is 0 Å². The van der Waals surface area contributed by atoms with Crippen molar-refractivity contribution in [3.05, 3.63) is 52.1 Å². The zero-order chi connectivity index (χ0) is 18.0. The average Bonchev–Trinajstić information content (AvgIpc) is 3.02. The normalized spacial score (nSPS) is 16.8. The van der Waals surface area contributed by atoms with Gasteiger partial charge in [-0.15, -0.1) is 0 Å². The van der Waals surface area contributed by atoms with E-state index in [4.69, 9.17) is 4.74 Å². The summed E-state index contributed by atoms with van der Waals surface area (Å²) in [6.45, 7) is 2.86. The van der Waals surface area contributed by atoms with Gasteiger partial charge in [0.2, 0.25) is 5.56 Å². The van der Waals surface area contributed by atoms with Crippen LogP contribution < -0.4 is 15.2 Å². The Morgan fingerprint density at radius 3 is 2.92 bits per heavy atom. The van der Waals surface area contributed by atoms with Gasteiger partial charge in [-0.05, 0) is 25.1 Å². The molecule has 0 spiro atoms. The molecule has 2 aromatic heterocycles. The van der Waals surface area contributed by atoms with Crippen LogP contribution in [0.25, 0.3) is 0 Å².